The van der Waals surface area contributed by atoms with Crippen LogP contribution >= 0.6 is 0 Å². The third-order valence-electron chi connectivity index (χ3n) is 12.8. The average molecular weight is 857 g/mol. The van der Waals surface area contributed by atoms with Crippen LogP contribution < -0.4 is 24.3 Å². The number of carbonyl (C=O) groups is 4. The standard InChI is InChI=1S/C50H48N8O6/c1-6-64-43-27-29(7-26-42(43)59)44-38-24-25-39-45(49(62)57(47(39)60)36-20-12-32(13-21-36)53-51-30-8-16-34(17-9-30)55(2)3)40(38)28-41-46(44)50(63)58(48(41)61)37-22-14-33(15-23-37)54-52-31-10-18-35(19-11-31)56(4)5/h7-24,26-27,39-41,44-46,59H,6,25,28H2,1-5H3. The van der Waals surface area contributed by atoms with E-state index in [2.05, 4.69) is 20.5 Å². The van der Waals surface area contributed by atoms with E-state index < -0.39 is 35.5 Å². The number of anilines is 4. The third kappa shape index (κ3) is 7.58. The monoisotopic (exact) mass is 856 g/mol. The predicted octanol–water partition coefficient (Wildman–Crippen LogP) is 9.80. The molecule has 1 saturated carbocycles. The molecular weight excluding hydrogens is 809 g/mol. The fraction of sp³-hybridized carbons (Fsp3) is 0.280. The molecule has 3 fully saturated rings. The van der Waals surface area contributed by atoms with Crippen LogP contribution in [0.25, 0.3) is 0 Å². The van der Waals surface area contributed by atoms with E-state index in [9.17, 15) is 24.3 Å². The van der Waals surface area contributed by atoms with Gasteiger partial charge in [0, 0.05) is 45.5 Å². The number of allylic oxidation sites excluding steroid dienone is 2. The second kappa shape index (κ2) is 17.0. The van der Waals surface area contributed by atoms with Gasteiger partial charge in [-0.05, 0) is 140 Å². The van der Waals surface area contributed by atoms with Gasteiger partial charge < -0.3 is 19.6 Å². The Hall–Kier alpha value is -7.48. The van der Waals surface area contributed by atoms with Gasteiger partial charge in [0.1, 0.15) is 0 Å². The number of aromatic hydroxyl groups is 1. The topological polar surface area (TPSA) is 160 Å². The first-order valence-electron chi connectivity index (χ1n) is 21.4. The van der Waals surface area contributed by atoms with Gasteiger partial charge in [0.2, 0.25) is 23.6 Å². The van der Waals surface area contributed by atoms with E-state index in [0.717, 1.165) is 16.9 Å². The highest BCUT2D eigenvalue weighted by atomic mass is 16.5. The smallest absolute Gasteiger partial charge is 0.238 e. The van der Waals surface area contributed by atoms with Crippen molar-refractivity contribution < 1.29 is 29.0 Å². The number of rotatable bonds is 11. The van der Waals surface area contributed by atoms with Crippen LogP contribution in [-0.4, -0.2) is 63.5 Å². The number of phenolic OH excluding ortho intramolecular Hbond substituents is 1. The van der Waals surface area contributed by atoms with E-state index in [-0.39, 0.29) is 41.5 Å². The van der Waals surface area contributed by atoms with E-state index in [1.807, 2.05) is 99.5 Å². The third-order valence-corrected chi connectivity index (χ3v) is 12.8. The molecule has 4 aliphatic rings. The van der Waals surface area contributed by atoms with Gasteiger partial charge in [-0.1, -0.05) is 17.7 Å². The summed E-state index contributed by atoms with van der Waals surface area (Å²) in [5, 5.41) is 28.1. The Labute approximate surface area is 371 Å². The summed E-state index contributed by atoms with van der Waals surface area (Å²) in [4.78, 5) is 64.7. The number of ether oxygens (including phenoxy) is 1. The van der Waals surface area contributed by atoms with Crippen LogP contribution in [0.2, 0.25) is 0 Å². The normalized spacial score (nSPS) is 22.8. The van der Waals surface area contributed by atoms with Crippen molar-refractivity contribution in [2.75, 3.05) is 54.4 Å². The molecule has 324 valence electrons. The van der Waals surface area contributed by atoms with Crippen molar-refractivity contribution in [2.24, 2.45) is 50.0 Å². The minimum atomic E-state index is -0.800. The van der Waals surface area contributed by atoms with Crippen LogP contribution in [-0.2, 0) is 19.2 Å². The Morgan fingerprint density at radius 1 is 0.578 bits per heavy atom. The molecule has 0 spiro atoms. The Morgan fingerprint density at radius 2 is 1.03 bits per heavy atom. The SMILES string of the molecule is CCOc1cc(C2C3=CCC4C(=O)N(c5ccc(N=Nc6ccc(N(C)C)cc6)cc5)C(=O)C4C3CC3C(=O)N(c4ccc(N=Nc5ccc(N(C)C)cc5)cc4)C(=O)C32)ccc1O. The lowest BCUT2D eigenvalue weighted by Crippen LogP contribution is -2.43. The molecule has 6 unspecified atom stereocenters. The summed E-state index contributed by atoms with van der Waals surface area (Å²) in [5.41, 5.74) is 6.89. The van der Waals surface area contributed by atoms with Crippen molar-refractivity contribution >= 4 is 69.1 Å². The molecule has 2 heterocycles. The Balaban J connectivity index is 0.998. The Kier molecular flexibility index (Phi) is 11.1. The van der Waals surface area contributed by atoms with Crippen LogP contribution in [0.1, 0.15) is 31.2 Å². The Morgan fingerprint density at radius 3 is 1.50 bits per heavy atom. The van der Waals surface area contributed by atoms with Crippen LogP contribution in [0.4, 0.5) is 45.5 Å². The molecule has 0 radical (unpaired) electrons. The fourth-order valence-electron chi connectivity index (χ4n) is 9.67. The second-order valence-corrected chi connectivity index (χ2v) is 17.0. The van der Waals surface area contributed by atoms with Crippen molar-refractivity contribution in [3.8, 4) is 11.5 Å². The molecule has 5 aromatic carbocycles. The molecule has 1 N–H and O–H groups in total. The van der Waals surface area contributed by atoms with E-state index in [4.69, 9.17) is 4.74 Å². The highest BCUT2D eigenvalue weighted by molar-refractivity contribution is 6.24. The number of hydrogen-bond donors (Lipinski definition) is 1. The van der Waals surface area contributed by atoms with Gasteiger partial charge in [0.15, 0.2) is 11.5 Å². The predicted molar refractivity (Wildman–Crippen MR) is 245 cm³/mol. The fourth-order valence-corrected chi connectivity index (χ4v) is 9.67. The van der Waals surface area contributed by atoms with Gasteiger partial charge >= 0.3 is 0 Å². The molecule has 2 aliphatic heterocycles. The van der Waals surface area contributed by atoms with Gasteiger partial charge in [0.25, 0.3) is 0 Å². The molecule has 0 aromatic heterocycles. The molecule has 14 nitrogen and oxygen atoms in total. The average Bonchev–Trinajstić information content (AvgIpc) is 3.71. The summed E-state index contributed by atoms with van der Waals surface area (Å²) in [6, 6.07) is 34.0. The summed E-state index contributed by atoms with van der Waals surface area (Å²) in [6.07, 6.45) is 2.51. The minimum absolute atomic E-state index is 0.0520. The summed E-state index contributed by atoms with van der Waals surface area (Å²) in [7, 11) is 7.86. The highest BCUT2D eigenvalue weighted by Gasteiger charge is 2.62. The van der Waals surface area contributed by atoms with Crippen molar-refractivity contribution in [1.82, 2.24) is 0 Å². The molecule has 14 heteroatoms. The second-order valence-electron chi connectivity index (χ2n) is 17.0. The number of azo groups is 2. The van der Waals surface area contributed by atoms with Crippen LogP contribution in [0.3, 0.4) is 0 Å². The zero-order valence-corrected chi connectivity index (χ0v) is 36.2. The van der Waals surface area contributed by atoms with E-state index in [1.54, 1.807) is 60.7 Å². The highest BCUT2D eigenvalue weighted by Crippen LogP contribution is 2.59. The number of amides is 4. The van der Waals surface area contributed by atoms with E-state index in [0.29, 0.717) is 52.7 Å². The number of fused-ring (bicyclic) bond motifs is 4. The number of hydrogen-bond acceptors (Lipinski definition) is 12. The van der Waals surface area contributed by atoms with Crippen molar-refractivity contribution in [1.29, 1.82) is 0 Å². The lowest BCUT2D eigenvalue weighted by Gasteiger charge is -2.44. The van der Waals surface area contributed by atoms with Gasteiger partial charge in [-0.25, -0.2) is 0 Å². The van der Waals surface area contributed by atoms with E-state index in [1.165, 1.54) is 15.9 Å². The zero-order chi connectivity index (χ0) is 44.8. The molecule has 9 rings (SSSR count). The van der Waals surface area contributed by atoms with Gasteiger partial charge in [-0.3, -0.25) is 29.0 Å². The summed E-state index contributed by atoms with van der Waals surface area (Å²) in [5.74, 6) is -5.28. The number of nitrogens with zero attached hydrogens (tertiary/aromatic N) is 8. The molecule has 2 aliphatic carbocycles. The first-order valence-corrected chi connectivity index (χ1v) is 21.4. The number of imide groups is 2. The van der Waals surface area contributed by atoms with Crippen LogP contribution in [0, 0.1) is 29.6 Å². The number of carbonyl (C=O) groups excluding carboxylic acids is 4. The summed E-state index contributed by atoms with van der Waals surface area (Å²) in [6.45, 7) is 2.11. The van der Waals surface area contributed by atoms with E-state index >= 15 is 0 Å². The lowest BCUT2D eigenvalue weighted by atomic mass is 9.57. The van der Waals surface area contributed by atoms with Crippen molar-refractivity contribution in [3.05, 3.63) is 132 Å². The summed E-state index contributed by atoms with van der Waals surface area (Å²) >= 11 is 0. The molecule has 6 atom stereocenters. The van der Waals surface area contributed by atoms with Crippen LogP contribution in [0.5, 0.6) is 11.5 Å². The molecule has 0 bridgehead atoms. The Bertz CT molecular complexity index is 2710. The maximum absolute atomic E-state index is 14.7. The molecule has 5 aromatic rings. The number of benzene rings is 5. The van der Waals surface area contributed by atoms with Crippen LogP contribution in [0.15, 0.2) is 147 Å². The van der Waals surface area contributed by atoms with Gasteiger partial charge in [-0.15, -0.1) is 0 Å². The zero-order valence-electron chi connectivity index (χ0n) is 36.2. The van der Waals surface area contributed by atoms with Gasteiger partial charge in [-0.2, -0.15) is 20.5 Å². The lowest BCUT2D eigenvalue weighted by molar-refractivity contribution is -0.126. The molecule has 4 amide bonds. The minimum Gasteiger partial charge on any atom is -0.504 e. The van der Waals surface area contributed by atoms with Crippen molar-refractivity contribution in [2.45, 2.75) is 25.7 Å². The maximum atomic E-state index is 14.7. The molecule has 2 saturated heterocycles. The van der Waals surface area contributed by atoms with Crippen molar-refractivity contribution in [3.63, 3.8) is 0 Å². The first-order chi connectivity index (χ1) is 30.9. The first kappa shape index (κ1) is 41.9. The van der Waals surface area contributed by atoms with Gasteiger partial charge in [0.05, 0.1) is 64.4 Å². The maximum Gasteiger partial charge on any atom is 0.238 e. The summed E-state index contributed by atoms with van der Waals surface area (Å²) < 4.78 is 5.78. The molecule has 64 heavy (non-hydrogen) atoms. The quantitative estimate of drug-likeness (QED) is 0.0781. The molecular formula is C50H48N8O6. The largest absolute Gasteiger partial charge is 0.504 e. The number of phenols is 1.